The third-order valence-electron chi connectivity index (χ3n) is 2.83. The molecule has 1 aromatic carbocycles. The van der Waals surface area contributed by atoms with Gasteiger partial charge in [0.05, 0.1) is 0 Å². The fourth-order valence-electron chi connectivity index (χ4n) is 1.68. The molecule has 0 saturated carbocycles. The molecular formula is C14H19NO4. The minimum Gasteiger partial charge on any atom is -0.508 e. The molecule has 19 heavy (non-hydrogen) atoms. The molecule has 5 heteroatoms. The molecule has 0 radical (unpaired) electrons. The summed E-state index contributed by atoms with van der Waals surface area (Å²) in [5.74, 6) is -1.28. The van der Waals surface area contributed by atoms with Crippen LogP contribution < -0.4 is 5.32 Å². The molecule has 1 amide bonds. The zero-order valence-electron chi connectivity index (χ0n) is 11.1. The van der Waals surface area contributed by atoms with E-state index in [0.29, 0.717) is 6.42 Å². The highest BCUT2D eigenvalue weighted by Crippen LogP contribution is 2.11. The third-order valence-corrected chi connectivity index (χ3v) is 2.83. The fourth-order valence-corrected chi connectivity index (χ4v) is 1.68. The Morgan fingerprint density at radius 1 is 1.21 bits per heavy atom. The lowest BCUT2D eigenvalue weighted by Gasteiger charge is -2.17. The number of rotatable bonds is 6. The number of phenolic OH excluding ortho intramolecular Hbond substituents is 1. The van der Waals surface area contributed by atoms with Gasteiger partial charge in [-0.2, -0.15) is 0 Å². The van der Waals surface area contributed by atoms with Crippen LogP contribution in [-0.2, 0) is 16.0 Å². The van der Waals surface area contributed by atoms with Gasteiger partial charge in [-0.25, -0.2) is 4.79 Å². The Kier molecular flexibility index (Phi) is 5.36. The van der Waals surface area contributed by atoms with E-state index in [-0.39, 0.29) is 24.0 Å². The lowest BCUT2D eigenvalue weighted by atomic mass is 10.0. The summed E-state index contributed by atoms with van der Waals surface area (Å²) in [5.41, 5.74) is 0.921. The van der Waals surface area contributed by atoms with Crippen LogP contribution in [0.2, 0.25) is 0 Å². The molecule has 0 heterocycles. The number of carboxylic acid groups (broad SMARTS) is 1. The van der Waals surface area contributed by atoms with Crippen LogP contribution in [-0.4, -0.2) is 28.1 Å². The second kappa shape index (κ2) is 6.78. The SMILES string of the molecule is CC(C)C(NC(=O)CCc1ccc(O)cc1)C(=O)O. The molecule has 0 aliphatic carbocycles. The van der Waals surface area contributed by atoms with Crippen molar-refractivity contribution in [1.82, 2.24) is 5.32 Å². The molecule has 0 saturated heterocycles. The second-order valence-electron chi connectivity index (χ2n) is 4.79. The maximum atomic E-state index is 11.7. The average molecular weight is 265 g/mol. The summed E-state index contributed by atoms with van der Waals surface area (Å²) in [6.07, 6.45) is 0.734. The van der Waals surface area contributed by atoms with E-state index in [1.54, 1.807) is 38.1 Å². The standard InChI is InChI=1S/C14H19NO4/c1-9(2)13(14(18)19)15-12(17)8-5-10-3-6-11(16)7-4-10/h3-4,6-7,9,13,16H,5,8H2,1-2H3,(H,15,17)(H,18,19). The topological polar surface area (TPSA) is 86.6 Å². The van der Waals surface area contributed by atoms with Gasteiger partial charge in [-0.1, -0.05) is 26.0 Å². The Morgan fingerprint density at radius 3 is 2.26 bits per heavy atom. The van der Waals surface area contributed by atoms with E-state index in [1.807, 2.05) is 0 Å². The van der Waals surface area contributed by atoms with E-state index >= 15 is 0 Å². The Balaban J connectivity index is 2.47. The molecule has 0 aromatic heterocycles. The lowest BCUT2D eigenvalue weighted by Crippen LogP contribution is -2.44. The normalized spacial score (nSPS) is 12.2. The zero-order chi connectivity index (χ0) is 14.4. The lowest BCUT2D eigenvalue weighted by molar-refractivity contribution is -0.143. The first kappa shape index (κ1) is 15.0. The summed E-state index contributed by atoms with van der Waals surface area (Å²) < 4.78 is 0. The molecule has 1 atom stereocenters. The van der Waals surface area contributed by atoms with Gasteiger partial charge in [0, 0.05) is 6.42 Å². The van der Waals surface area contributed by atoms with Gasteiger partial charge in [0.2, 0.25) is 5.91 Å². The molecule has 0 bridgehead atoms. The van der Waals surface area contributed by atoms with Crippen molar-refractivity contribution in [2.75, 3.05) is 0 Å². The third kappa shape index (κ3) is 4.99. The smallest absolute Gasteiger partial charge is 0.326 e. The number of carbonyl (C=O) groups is 2. The number of aliphatic carboxylic acids is 1. The number of phenols is 1. The van der Waals surface area contributed by atoms with Gasteiger partial charge in [-0.3, -0.25) is 4.79 Å². The number of nitrogens with one attached hydrogen (secondary N) is 1. The van der Waals surface area contributed by atoms with Crippen molar-refractivity contribution < 1.29 is 19.8 Å². The first-order valence-electron chi connectivity index (χ1n) is 6.20. The maximum absolute atomic E-state index is 11.7. The van der Waals surface area contributed by atoms with Crippen molar-refractivity contribution in [1.29, 1.82) is 0 Å². The van der Waals surface area contributed by atoms with Gasteiger partial charge in [-0.05, 0) is 30.0 Å². The van der Waals surface area contributed by atoms with Gasteiger partial charge >= 0.3 is 5.97 Å². The van der Waals surface area contributed by atoms with Crippen molar-refractivity contribution >= 4 is 11.9 Å². The Bertz CT molecular complexity index is 439. The first-order chi connectivity index (χ1) is 8.90. The Labute approximate surface area is 112 Å². The van der Waals surface area contributed by atoms with E-state index < -0.39 is 12.0 Å². The van der Waals surface area contributed by atoms with Crippen molar-refractivity contribution in [3.8, 4) is 5.75 Å². The van der Waals surface area contributed by atoms with Gasteiger partial charge in [0.25, 0.3) is 0 Å². The fraction of sp³-hybridized carbons (Fsp3) is 0.429. The molecule has 0 fully saturated rings. The summed E-state index contributed by atoms with van der Waals surface area (Å²) in [6.45, 7) is 3.50. The molecule has 0 spiro atoms. The highest BCUT2D eigenvalue weighted by molar-refractivity contribution is 5.83. The monoisotopic (exact) mass is 265 g/mol. The van der Waals surface area contributed by atoms with Crippen molar-refractivity contribution in [2.45, 2.75) is 32.7 Å². The minimum atomic E-state index is -1.02. The molecule has 1 unspecified atom stereocenters. The van der Waals surface area contributed by atoms with Gasteiger partial charge in [0.1, 0.15) is 11.8 Å². The first-order valence-corrected chi connectivity index (χ1v) is 6.20. The predicted molar refractivity (Wildman–Crippen MR) is 70.8 cm³/mol. The summed E-state index contributed by atoms with van der Waals surface area (Å²) in [7, 11) is 0. The average Bonchev–Trinajstić information content (AvgIpc) is 2.34. The predicted octanol–water partition coefficient (Wildman–Crippen LogP) is 1.55. The number of carboxylic acids is 1. The van der Waals surface area contributed by atoms with E-state index in [4.69, 9.17) is 10.2 Å². The van der Waals surface area contributed by atoms with Crippen LogP contribution in [0.3, 0.4) is 0 Å². The van der Waals surface area contributed by atoms with E-state index in [1.165, 1.54) is 0 Å². The Morgan fingerprint density at radius 2 is 1.79 bits per heavy atom. The van der Waals surface area contributed by atoms with Crippen LogP contribution in [0.25, 0.3) is 0 Å². The molecule has 5 nitrogen and oxygen atoms in total. The number of amides is 1. The molecule has 1 aromatic rings. The molecule has 1 rings (SSSR count). The van der Waals surface area contributed by atoms with Crippen LogP contribution >= 0.6 is 0 Å². The van der Waals surface area contributed by atoms with Crippen LogP contribution in [0.15, 0.2) is 24.3 Å². The largest absolute Gasteiger partial charge is 0.508 e. The van der Waals surface area contributed by atoms with Crippen molar-refractivity contribution in [3.05, 3.63) is 29.8 Å². The highest BCUT2D eigenvalue weighted by atomic mass is 16.4. The number of hydrogen-bond acceptors (Lipinski definition) is 3. The number of aryl methyl sites for hydroxylation is 1. The number of carbonyl (C=O) groups excluding carboxylic acids is 1. The number of aromatic hydroxyl groups is 1. The van der Waals surface area contributed by atoms with E-state index in [9.17, 15) is 9.59 Å². The van der Waals surface area contributed by atoms with Crippen LogP contribution in [0.1, 0.15) is 25.8 Å². The summed E-state index contributed by atoms with van der Waals surface area (Å²) in [6, 6.07) is 5.73. The number of hydrogen-bond donors (Lipinski definition) is 3. The van der Waals surface area contributed by atoms with Crippen LogP contribution in [0.4, 0.5) is 0 Å². The summed E-state index contributed by atoms with van der Waals surface area (Å²) in [4.78, 5) is 22.6. The molecular weight excluding hydrogens is 246 g/mol. The number of benzene rings is 1. The van der Waals surface area contributed by atoms with Crippen LogP contribution in [0, 0.1) is 5.92 Å². The molecule has 3 N–H and O–H groups in total. The zero-order valence-corrected chi connectivity index (χ0v) is 11.1. The molecule has 0 aliphatic rings. The molecule has 104 valence electrons. The van der Waals surface area contributed by atoms with E-state index in [0.717, 1.165) is 5.56 Å². The maximum Gasteiger partial charge on any atom is 0.326 e. The quantitative estimate of drug-likeness (QED) is 0.728. The van der Waals surface area contributed by atoms with Gasteiger partial charge in [-0.15, -0.1) is 0 Å². The summed E-state index contributed by atoms with van der Waals surface area (Å²) in [5, 5.41) is 20.6. The van der Waals surface area contributed by atoms with Gasteiger partial charge in [0.15, 0.2) is 0 Å². The van der Waals surface area contributed by atoms with Crippen molar-refractivity contribution in [2.24, 2.45) is 5.92 Å². The second-order valence-corrected chi connectivity index (χ2v) is 4.79. The Hall–Kier alpha value is -2.04. The summed E-state index contributed by atoms with van der Waals surface area (Å²) >= 11 is 0. The van der Waals surface area contributed by atoms with Crippen LogP contribution in [0.5, 0.6) is 5.75 Å². The van der Waals surface area contributed by atoms with Crippen molar-refractivity contribution in [3.63, 3.8) is 0 Å². The minimum absolute atomic E-state index is 0.157. The highest BCUT2D eigenvalue weighted by Gasteiger charge is 2.22. The molecule has 0 aliphatic heterocycles. The van der Waals surface area contributed by atoms with E-state index in [2.05, 4.69) is 5.32 Å². The van der Waals surface area contributed by atoms with Gasteiger partial charge < -0.3 is 15.5 Å².